The maximum Gasteiger partial charge on any atom is 0.338 e. The largest absolute Gasteiger partial charge is 0.459 e. The van der Waals surface area contributed by atoms with E-state index in [1.165, 1.54) is 19.3 Å². The first-order valence-corrected chi connectivity index (χ1v) is 9.67. The number of anilines is 1. The lowest BCUT2D eigenvalue weighted by molar-refractivity contribution is -0.148. The summed E-state index contributed by atoms with van der Waals surface area (Å²) in [4.78, 5) is 35.7. The van der Waals surface area contributed by atoms with Gasteiger partial charge in [0.2, 0.25) is 0 Å². The first-order valence-electron chi connectivity index (χ1n) is 9.67. The predicted molar refractivity (Wildman–Crippen MR) is 100 cm³/mol. The smallest absolute Gasteiger partial charge is 0.338 e. The molecule has 2 aliphatic carbocycles. The lowest BCUT2D eigenvalue weighted by atomic mass is 9.86. The summed E-state index contributed by atoms with van der Waals surface area (Å²) in [5.74, 6) is 0.785. The van der Waals surface area contributed by atoms with Crippen LogP contribution in [0.5, 0.6) is 0 Å². The molecule has 1 amide bonds. The second kappa shape index (κ2) is 8.55. The number of fused-ring (bicyclic) bond motifs is 2. The number of ether oxygens (including phenoxy) is 2. The number of carbonyl (C=O) groups is 3. The Morgan fingerprint density at radius 1 is 1.11 bits per heavy atom. The molecule has 3 rings (SSSR count). The average Bonchev–Trinajstić information content (AvgIpc) is 3.23. The van der Waals surface area contributed by atoms with E-state index in [9.17, 15) is 14.4 Å². The minimum Gasteiger partial charge on any atom is -0.459 e. The van der Waals surface area contributed by atoms with Crippen molar-refractivity contribution in [3.63, 3.8) is 0 Å². The Morgan fingerprint density at radius 2 is 1.85 bits per heavy atom. The number of hydrogen-bond donors (Lipinski definition) is 1. The zero-order chi connectivity index (χ0) is 19.4. The predicted octanol–water partition coefficient (Wildman–Crippen LogP) is 3.56. The van der Waals surface area contributed by atoms with Crippen molar-refractivity contribution in [1.29, 1.82) is 0 Å². The van der Waals surface area contributed by atoms with Gasteiger partial charge in [-0.2, -0.15) is 0 Å². The summed E-state index contributed by atoms with van der Waals surface area (Å²) >= 11 is 0. The third kappa shape index (κ3) is 5.31. The van der Waals surface area contributed by atoms with Gasteiger partial charge in [-0.1, -0.05) is 6.42 Å². The number of esters is 2. The average molecular weight is 373 g/mol. The number of benzene rings is 1. The standard InChI is InChI=1S/C21H27NO5/c1-13(2)27-21(25)15-5-7-18(8-6-15)22-19(23)12-26-20(24)11-17-10-14-3-4-16(17)9-14/h5-8,13-14,16-17H,3-4,9-12H2,1-2H3,(H,22,23)/t14-,16-,17+/m1/s1. The van der Waals surface area contributed by atoms with E-state index in [2.05, 4.69) is 5.32 Å². The number of rotatable bonds is 7. The van der Waals surface area contributed by atoms with E-state index in [1.54, 1.807) is 38.1 Å². The van der Waals surface area contributed by atoms with Crippen LogP contribution in [0.25, 0.3) is 0 Å². The van der Waals surface area contributed by atoms with Crippen LogP contribution in [0.3, 0.4) is 0 Å². The summed E-state index contributed by atoms with van der Waals surface area (Å²) in [7, 11) is 0. The second-order valence-electron chi connectivity index (χ2n) is 7.88. The van der Waals surface area contributed by atoms with Crippen molar-refractivity contribution in [1.82, 2.24) is 0 Å². The van der Waals surface area contributed by atoms with E-state index in [0.29, 0.717) is 29.5 Å². The molecular formula is C21H27NO5. The molecule has 0 saturated heterocycles. The van der Waals surface area contributed by atoms with E-state index in [-0.39, 0.29) is 18.7 Å². The summed E-state index contributed by atoms with van der Waals surface area (Å²) in [6.45, 7) is 3.27. The Labute approximate surface area is 159 Å². The number of amides is 1. The van der Waals surface area contributed by atoms with Crippen molar-refractivity contribution in [3.8, 4) is 0 Å². The monoisotopic (exact) mass is 373 g/mol. The van der Waals surface area contributed by atoms with Crippen molar-refractivity contribution >= 4 is 23.5 Å². The van der Waals surface area contributed by atoms with Crippen LogP contribution in [-0.4, -0.2) is 30.6 Å². The minimum absolute atomic E-state index is 0.189. The Kier molecular flexibility index (Phi) is 6.14. The highest BCUT2D eigenvalue weighted by molar-refractivity contribution is 5.94. The maximum absolute atomic E-state index is 12.0. The van der Waals surface area contributed by atoms with Crippen LogP contribution in [0, 0.1) is 17.8 Å². The van der Waals surface area contributed by atoms with E-state index in [4.69, 9.17) is 9.47 Å². The maximum atomic E-state index is 12.0. The van der Waals surface area contributed by atoms with Crippen LogP contribution in [-0.2, 0) is 19.1 Å². The molecule has 0 unspecified atom stereocenters. The molecule has 0 spiro atoms. The van der Waals surface area contributed by atoms with Crippen LogP contribution in [0.4, 0.5) is 5.69 Å². The van der Waals surface area contributed by atoms with Crippen LogP contribution in [0.1, 0.15) is 56.3 Å². The van der Waals surface area contributed by atoms with Crippen LogP contribution in [0.15, 0.2) is 24.3 Å². The Hall–Kier alpha value is -2.37. The van der Waals surface area contributed by atoms with Crippen LogP contribution in [0.2, 0.25) is 0 Å². The fourth-order valence-corrected chi connectivity index (χ4v) is 4.21. The SMILES string of the molecule is CC(C)OC(=O)c1ccc(NC(=O)COC(=O)C[C@@H]2C[C@@H]3CC[C@@H]2C3)cc1. The van der Waals surface area contributed by atoms with E-state index < -0.39 is 11.9 Å². The molecule has 27 heavy (non-hydrogen) atoms. The van der Waals surface area contributed by atoms with E-state index in [1.807, 2.05) is 0 Å². The molecule has 0 aromatic heterocycles. The summed E-state index contributed by atoms with van der Waals surface area (Å²) in [5.41, 5.74) is 0.948. The van der Waals surface area contributed by atoms with Crippen molar-refractivity contribution in [3.05, 3.63) is 29.8 Å². The number of carbonyl (C=O) groups excluding carboxylic acids is 3. The fourth-order valence-electron chi connectivity index (χ4n) is 4.21. The highest BCUT2D eigenvalue weighted by atomic mass is 16.5. The van der Waals surface area contributed by atoms with Gasteiger partial charge in [-0.05, 0) is 75.1 Å². The lowest BCUT2D eigenvalue weighted by Gasteiger charge is -2.20. The quantitative estimate of drug-likeness (QED) is 0.739. The van der Waals surface area contributed by atoms with Crippen molar-refractivity contribution < 1.29 is 23.9 Å². The van der Waals surface area contributed by atoms with Gasteiger partial charge in [0.15, 0.2) is 6.61 Å². The second-order valence-corrected chi connectivity index (χ2v) is 7.88. The molecule has 6 nitrogen and oxygen atoms in total. The van der Waals surface area contributed by atoms with Crippen molar-refractivity contribution in [2.75, 3.05) is 11.9 Å². The molecule has 6 heteroatoms. The van der Waals surface area contributed by atoms with E-state index in [0.717, 1.165) is 12.3 Å². The molecule has 2 aliphatic rings. The van der Waals surface area contributed by atoms with Gasteiger partial charge in [0.25, 0.3) is 5.91 Å². The van der Waals surface area contributed by atoms with Crippen molar-refractivity contribution in [2.45, 2.75) is 52.1 Å². The zero-order valence-corrected chi connectivity index (χ0v) is 15.9. The molecule has 0 aliphatic heterocycles. The molecular weight excluding hydrogens is 346 g/mol. The van der Waals surface area contributed by atoms with Gasteiger partial charge in [-0.25, -0.2) is 4.79 Å². The normalized spacial score (nSPS) is 23.3. The molecule has 1 N–H and O–H groups in total. The Bertz CT molecular complexity index is 697. The molecule has 0 heterocycles. The van der Waals surface area contributed by atoms with Gasteiger partial charge < -0.3 is 14.8 Å². The van der Waals surface area contributed by atoms with Gasteiger partial charge >= 0.3 is 11.9 Å². The molecule has 0 radical (unpaired) electrons. The molecule has 2 saturated carbocycles. The summed E-state index contributed by atoms with van der Waals surface area (Å²) in [6.07, 6.45) is 5.12. The van der Waals surface area contributed by atoms with Gasteiger partial charge in [-0.3, -0.25) is 9.59 Å². The molecule has 146 valence electrons. The van der Waals surface area contributed by atoms with Crippen LogP contribution >= 0.6 is 0 Å². The molecule has 3 atom stereocenters. The lowest BCUT2D eigenvalue weighted by Crippen LogP contribution is -2.23. The summed E-state index contributed by atoms with van der Waals surface area (Å²) in [6, 6.07) is 6.40. The topological polar surface area (TPSA) is 81.7 Å². The van der Waals surface area contributed by atoms with Crippen LogP contribution < -0.4 is 5.32 Å². The molecule has 1 aromatic carbocycles. The molecule has 2 bridgehead atoms. The Balaban J connectivity index is 1.40. The fraction of sp³-hybridized carbons (Fsp3) is 0.571. The first-order chi connectivity index (χ1) is 12.9. The first kappa shape index (κ1) is 19.4. The minimum atomic E-state index is -0.405. The highest BCUT2D eigenvalue weighted by Gasteiger charge is 2.40. The summed E-state index contributed by atoms with van der Waals surface area (Å²) in [5, 5.41) is 2.66. The Morgan fingerprint density at radius 3 is 2.44 bits per heavy atom. The van der Waals surface area contributed by atoms with Gasteiger partial charge in [-0.15, -0.1) is 0 Å². The van der Waals surface area contributed by atoms with Crippen molar-refractivity contribution in [2.24, 2.45) is 17.8 Å². The van der Waals surface area contributed by atoms with Gasteiger partial charge in [0.05, 0.1) is 11.7 Å². The number of nitrogens with one attached hydrogen (secondary N) is 1. The molecule has 1 aromatic rings. The zero-order valence-electron chi connectivity index (χ0n) is 15.9. The third-order valence-electron chi connectivity index (χ3n) is 5.42. The number of hydrogen-bond acceptors (Lipinski definition) is 5. The third-order valence-corrected chi connectivity index (χ3v) is 5.42. The molecule has 2 fully saturated rings. The van der Waals surface area contributed by atoms with Gasteiger partial charge in [0, 0.05) is 12.1 Å². The van der Waals surface area contributed by atoms with E-state index >= 15 is 0 Å². The highest BCUT2D eigenvalue weighted by Crippen LogP contribution is 2.49. The summed E-state index contributed by atoms with van der Waals surface area (Å²) < 4.78 is 10.2. The van der Waals surface area contributed by atoms with Gasteiger partial charge in [0.1, 0.15) is 0 Å².